The topological polar surface area (TPSA) is 104 Å². The molecule has 0 aliphatic rings. The van der Waals surface area contributed by atoms with E-state index in [4.69, 9.17) is 21.1 Å². The summed E-state index contributed by atoms with van der Waals surface area (Å²) in [4.78, 5) is 10.1. The van der Waals surface area contributed by atoms with Crippen LogP contribution >= 0.6 is 0 Å². The Kier molecular flexibility index (Phi) is 4.76. The van der Waals surface area contributed by atoms with Crippen molar-refractivity contribution in [1.29, 1.82) is 0 Å². The van der Waals surface area contributed by atoms with Crippen LogP contribution in [-0.4, -0.2) is 40.0 Å². The molecule has 0 rings (SSSR count). The average molecular weight is 163 g/mol. The molecule has 5 N–H and O–H groups in total. The van der Waals surface area contributed by atoms with Gasteiger partial charge < -0.3 is 21.1 Å². The maximum Gasteiger partial charge on any atom is 0.320 e. The second-order valence-electron chi connectivity index (χ2n) is 2.36. The van der Waals surface area contributed by atoms with Crippen molar-refractivity contribution in [3.8, 4) is 0 Å². The van der Waals surface area contributed by atoms with E-state index in [1.807, 2.05) is 0 Å². The summed E-state index contributed by atoms with van der Waals surface area (Å²) < 4.78 is 0. The highest BCUT2D eigenvalue weighted by Crippen LogP contribution is 1.99. The Labute approximate surface area is 64.4 Å². The van der Waals surface area contributed by atoms with Gasteiger partial charge in [-0.1, -0.05) is 0 Å². The third kappa shape index (κ3) is 4.72. The number of nitrogens with two attached hydrogens (primary N) is 1. The van der Waals surface area contributed by atoms with Crippen LogP contribution in [0.4, 0.5) is 0 Å². The molecule has 66 valence electrons. The van der Waals surface area contributed by atoms with Crippen molar-refractivity contribution < 1.29 is 20.1 Å². The van der Waals surface area contributed by atoms with Crippen molar-refractivity contribution in [2.45, 2.75) is 25.0 Å². The van der Waals surface area contributed by atoms with Crippen molar-refractivity contribution >= 4 is 5.97 Å². The van der Waals surface area contributed by atoms with Gasteiger partial charge in [0.05, 0.1) is 12.7 Å². The minimum atomic E-state index is -1.09. The van der Waals surface area contributed by atoms with Crippen LogP contribution in [0, 0.1) is 0 Å². The van der Waals surface area contributed by atoms with Gasteiger partial charge in [0.15, 0.2) is 0 Å². The molecule has 0 saturated heterocycles. The first-order chi connectivity index (χ1) is 5.07. The molecule has 5 nitrogen and oxygen atoms in total. The highest BCUT2D eigenvalue weighted by molar-refractivity contribution is 5.72. The summed E-state index contributed by atoms with van der Waals surface area (Å²) in [7, 11) is 0. The Morgan fingerprint density at radius 1 is 1.45 bits per heavy atom. The number of aliphatic carboxylic acids is 1. The monoisotopic (exact) mass is 163 g/mol. The van der Waals surface area contributed by atoms with Gasteiger partial charge in [-0.25, -0.2) is 0 Å². The van der Waals surface area contributed by atoms with Crippen LogP contribution < -0.4 is 5.73 Å². The van der Waals surface area contributed by atoms with Gasteiger partial charge in [-0.2, -0.15) is 0 Å². The number of carboxylic acid groups (broad SMARTS) is 1. The van der Waals surface area contributed by atoms with Gasteiger partial charge in [-0.15, -0.1) is 0 Å². The van der Waals surface area contributed by atoms with Gasteiger partial charge in [0, 0.05) is 0 Å². The molecule has 0 aliphatic carbocycles. The van der Waals surface area contributed by atoms with Crippen molar-refractivity contribution in [2.24, 2.45) is 5.73 Å². The van der Waals surface area contributed by atoms with Crippen LogP contribution in [-0.2, 0) is 4.79 Å². The van der Waals surface area contributed by atoms with E-state index in [1.165, 1.54) is 0 Å². The maximum absolute atomic E-state index is 10.1. The zero-order chi connectivity index (χ0) is 8.85. The lowest BCUT2D eigenvalue weighted by Gasteiger charge is -2.08. The fraction of sp³-hybridized carbons (Fsp3) is 0.833. The van der Waals surface area contributed by atoms with Crippen molar-refractivity contribution in [2.75, 3.05) is 6.61 Å². The smallest absolute Gasteiger partial charge is 0.320 e. The van der Waals surface area contributed by atoms with Gasteiger partial charge >= 0.3 is 5.97 Å². The Balaban J connectivity index is 3.45. The Hall–Kier alpha value is -0.650. The van der Waals surface area contributed by atoms with E-state index in [-0.39, 0.29) is 19.4 Å². The fourth-order valence-electron chi connectivity index (χ4n) is 0.587. The molecule has 0 aromatic heterocycles. The minimum absolute atomic E-state index is 0.178. The van der Waals surface area contributed by atoms with Crippen LogP contribution in [0.1, 0.15) is 12.8 Å². The molecule has 0 aliphatic heterocycles. The fourth-order valence-corrected chi connectivity index (χ4v) is 0.587. The standard InChI is InChI=1S/C6H13NO4/c7-5(6(10)11)2-1-4(9)3-8/h4-5,8-9H,1-3,7H2,(H,10,11). The molecule has 0 spiro atoms. The van der Waals surface area contributed by atoms with Crippen molar-refractivity contribution in [1.82, 2.24) is 0 Å². The van der Waals surface area contributed by atoms with Gasteiger partial charge in [0.1, 0.15) is 6.04 Å². The van der Waals surface area contributed by atoms with Gasteiger partial charge in [-0.3, -0.25) is 4.79 Å². The largest absolute Gasteiger partial charge is 0.480 e. The Morgan fingerprint density at radius 2 is 2.00 bits per heavy atom. The third-order valence-electron chi connectivity index (χ3n) is 1.34. The predicted octanol–water partition coefficient (Wildman–Crippen LogP) is -1.47. The van der Waals surface area contributed by atoms with E-state index in [9.17, 15) is 4.79 Å². The molecule has 5 heteroatoms. The molecule has 0 aromatic rings. The van der Waals surface area contributed by atoms with Crippen LogP contribution in [0.5, 0.6) is 0 Å². The second kappa shape index (κ2) is 5.06. The number of carbonyl (C=O) groups is 1. The number of hydrogen-bond donors (Lipinski definition) is 4. The molecule has 0 fully saturated rings. The predicted molar refractivity (Wildman–Crippen MR) is 37.9 cm³/mol. The summed E-state index contributed by atoms with van der Waals surface area (Å²) >= 11 is 0. The molecule has 0 aromatic carbocycles. The summed E-state index contributed by atoms with van der Waals surface area (Å²) in [5.74, 6) is -1.09. The highest BCUT2D eigenvalue weighted by Gasteiger charge is 2.12. The third-order valence-corrected chi connectivity index (χ3v) is 1.34. The zero-order valence-corrected chi connectivity index (χ0v) is 6.10. The summed E-state index contributed by atoms with van der Waals surface area (Å²) in [5, 5.41) is 25.4. The molecule has 2 atom stereocenters. The van der Waals surface area contributed by atoms with Gasteiger partial charge in [0.25, 0.3) is 0 Å². The molecule has 11 heavy (non-hydrogen) atoms. The molecule has 0 bridgehead atoms. The number of aliphatic hydroxyl groups is 2. The number of hydrogen-bond acceptors (Lipinski definition) is 4. The molecular weight excluding hydrogens is 150 g/mol. The lowest BCUT2D eigenvalue weighted by Crippen LogP contribution is -2.31. The molecule has 0 heterocycles. The number of rotatable bonds is 5. The second-order valence-corrected chi connectivity index (χ2v) is 2.36. The first-order valence-corrected chi connectivity index (χ1v) is 3.35. The SMILES string of the molecule is NC(CCC(O)CO)C(=O)O. The minimum Gasteiger partial charge on any atom is -0.480 e. The summed E-state index contributed by atoms with van der Waals surface area (Å²) in [6.45, 7) is -0.355. The quantitative estimate of drug-likeness (QED) is 0.396. The molecule has 0 amide bonds. The summed E-state index contributed by atoms with van der Waals surface area (Å²) in [6.07, 6.45) is -0.471. The number of carboxylic acids is 1. The van der Waals surface area contributed by atoms with E-state index in [0.29, 0.717) is 0 Å². The Morgan fingerprint density at radius 3 is 2.36 bits per heavy atom. The van der Waals surface area contributed by atoms with Crippen molar-refractivity contribution in [3.05, 3.63) is 0 Å². The first kappa shape index (κ1) is 10.3. The first-order valence-electron chi connectivity index (χ1n) is 3.35. The molecular formula is C6H13NO4. The van der Waals surface area contributed by atoms with Gasteiger partial charge in [-0.05, 0) is 12.8 Å². The van der Waals surface area contributed by atoms with E-state index in [1.54, 1.807) is 0 Å². The van der Waals surface area contributed by atoms with E-state index >= 15 is 0 Å². The lowest BCUT2D eigenvalue weighted by molar-refractivity contribution is -0.138. The van der Waals surface area contributed by atoms with E-state index in [2.05, 4.69) is 0 Å². The van der Waals surface area contributed by atoms with Crippen LogP contribution in [0.2, 0.25) is 0 Å². The lowest BCUT2D eigenvalue weighted by atomic mass is 10.1. The summed E-state index contributed by atoms with van der Waals surface area (Å²) in [5.41, 5.74) is 5.13. The van der Waals surface area contributed by atoms with Crippen LogP contribution in [0.25, 0.3) is 0 Å². The average Bonchev–Trinajstić information content (AvgIpc) is 1.99. The Bertz CT molecular complexity index is 128. The van der Waals surface area contributed by atoms with Gasteiger partial charge in [0.2, 0.25) is 0 Å². The normalized spacial score (nSPS) is 15.9. The zero-order valence-electron chi connectivity index (χ0n) is 6.10. The van der Waals surface area contributed by atoms with E-state index < -0.39 is 18.1 Å². The molecule has 0 radical (unpaired) electrons. The van der Waals surface area contributed by atoms with E-state index in [0.717, 1.165) is 0 Å². The highest BCUT2D eigenvalue weighted by atomic mass is 16.4. The maximum atomic E-state index is 10.1. The molecule has 0 saturated carbocycles. The van der Waals surface area contributed by atoms with Crippen LogP contribution in [0.3, 0.4) is 0 Å². The molecule has 2 unspecified atom stereocenters. The van der Waals surface area contributed by atoms with Crippen LogP contribution in [0.15, 0.2) is 0 Å². The van der Waals surface area contributed by atoms with Crippen molar-refractivity contribution in [3.63, 3.8) is 0 Å². The summed E-state index contributed by atoms with van der Waals surface area (Å²) in [6, 6.07) is -0.948. The number of aliphatic hydroxyl groups excluding tert-OH is 2.